The molecule has 0 unspecified atom stereocenters. The third kappa shape index (κ3) is 4.85. The zero-order valence-electron chi connectivity index (χ0n) is 15.4. The number of aromatic nitrogens is 3. The summed E-state index contributed by atoms with van der Waals surface area (Å²) in [5, 5.41) is 22.0. The minimum atomic E-state index is -0.520. The smallest absolute Gasteiger partial charge is 0.268 e. The van der Waals surface area contributed by atoms with Crippen LogP contribution in [0.25, 0.3) is 11.8 Å². The first-order valence-electron chi connectivity index (χ1n) is 8.65. The second-order valence-electron chi connectivity index (χ2n) is 6.51. The van der Waals surface area contributed by atoms with Gasteiger partial charge in [0.15, 0.2) is 0 Å². The van der Waals surface area contributed by atoms with E-state index in [0.717, 1.165) is 17.1 Å². The van der Waals surface area contributed by atoms with Gasteiger partial charge in [-0.1, -0.05) is 42.9 Å². The third-order valence-corrected chi connectivity index (χ3v) is 4.89. The number of amides is 1. The summed E-state index contributed by atoms with van der Waals surface area (Å²) in [7, 11) is 0. The molecule has 0 saturated carbocycles. The van der Waals surface area contributed by atoms with Crippen molar-refractivity contribution in [2.45, 2.75) is 20.3 Å². The van der Waals surface area contributed by atoms with Crippen molar-refractivity contribution >= 4 is 40.1 Å². The lowest BCUT2D eigenvalue weighted by molar-refractivity contribution is -0.112. The Balaban J connectivity index is 1.81. The molecule has 0 fully saturated rings. The standard InChI is InChI=1S/C20H18ClN5OS/c1-13(2)9-18-24-25-20(28-18)23-19(27)14(12-22)10-16-7-4-8-26(16)17-6-3-5-15(21)11-17/h3-8,10-11,13H,9H2,1-2H3,(H,23,25,27). The molecule has 2 aromatic heterocycles. The van der Waals surface area contributed by atoms with Crippen LogP contribution in [0.2, 0.25) is 5.02 Å². The van der Waals surface area contributed by atoms with Gasteiger partial charge in [-0.15, -0.1) is 10.2 Å². The lowest BCUT2D eigenvalue weighted by atomic mass is 10.1. The van der Waals surface area contributed by atoms with Gasteiger partial charge in [-0.2, -0.15) is 5.26 Å². The summed E-state index contributed by atoms with van der Waals surface area (Å²) in [6, 6.07) is 12.9. The Hall–Kier alpha value is -2.95. The molecule has 3 aromatic rings. The Morgan fingerprint density at radius 3 is 2.89 bits per heavy atom. The molecular formula is C20H18ClN5OS. The number of benzene rings is 1. The molecule has 3 rings (SSSR count). The Morgan fingerprint density at radius 1 is 1.36 bits per heavy atom. The number of anilines is 1. The highest BCUT2D eigenvalue weighted by molar-refractivity contribution is 7.15. The fourth-order valence-electron chi connectivity index (χ4n) is 2.57. The molecule has 1 N–H and O–H groups in total. The molecule has 1 aromatic carbocycles. The summed E-state index contributed by atoms with van der Waals surface area (Å²) in [5.41, 5.74) is 1.50. The van der Waals surface area contributed by atoms with Gasteiger partial charge in [0.2, 0.25) is 5.13 Å². The molecule has 0 atom stereocenters. The lowest BCUT2D eigenvalue weighted by Crippen LogP contribution is -2.13. The van der Waals surface area contributed by atoms with Crippen LogP contribution in [-0.2, 0) is 11.2 Å². The predicted octanol–water partition coefficient (Wildman–Crippen LogP) is 4.73. The van der Waals surface area contributed by atoms with Crippen LogP contribution in [0, 0.1) is 17.2 Å². The van der Waals surface area contributed by atoms with E-state index in [4.69, 9.17) is 11.6 Å². The SMILES string of the molecule is CC(C)Cc1nnc(NC(=O)C(C#N)=Cc2cccn2-c2cccc(Cl)c2)s1. The normalized spacial score (nSPS) is 11.5. The molecule has 8 heteroatoms. The lowest BCUT2D eigenvalue weighted by Gasteiger charge is -2.07. The van der Waals surface area contributed by atoms with Crippen LogP contribution in [-0.4, -0.2) is 20.7 Å². The van der Waals surface area contributed by atoms with Gasteiger partial charge in [0.25, 0.3) is 5.91 Å². The molecule has 0 aliphatic heterocycles. The van der Waals surface area contributed by atoms with Crippen LogP contribution < -0.4 is 5.32 Å². The van der Waals surface area contributed by atoms with E-state index in [-0.39, 0.29) is 5.57 Å². The average molecular weight is 412 g/mol. The summed E-state index contributed by atoms with van der Waals surface area (Å²) in [6.45, 7) is 4.18. The van der Waals surface area contributed by atoms with Crippen LogP contribution in [0.4, 0.5) is 5.13 Å². The molecule has 6 nitrogen and oxygen atoms in total. The first-order valence-corrected chi connectivity index (χ1v) is 9.84. The number of carbonyl (C=O) groups excluding carboxylic acids is 1. The number of nitrogens with zero attached hydrogens (tertiary/aromatic N) is 4. The minimum absolute atomic E-state index is 0.0254. The fraction of sp³-hybridized carbons (Fsp3) is 0.200. The van der Waals surface area contributed by atoms with Gasteiger partial charge in [-0.05, 0) is 42.3 Å². The quantitative estimate of drug-likeness (QED) is 0.469. The van der Waals surface area contributed by atoms with E-state index in [0.29, 0.717) is 21.8 Å². The second kappa shape index (κ2) is 8.83. The Kier molecular flexibility index (Phi) is 6.24. The minimum Gasteiger partial charge on any atom is -0.317 e. The molecule has 1 amide bonds. The molecule has 0 aliphatic carbocycles. The number of carbonyl (C=O) groups is 1. The number of hydrogen-bond donors (Lipinski definition) is 1. The maximum Gasteiger partial charge on any atom is 0.268 e. The third-order valence-electron chi connectivity index (χ3n) is 3.79. The van der Waals surface area contributed by atoms with Crippen LogP contribution in [0.15, 0.2) is 48.2 Å². The molecule has 0 radical (unpaired) electrons. The van der Waals surface area contributed by atoms with Gasteiger partial charge in [-0.25, -0.2) is 0 Å². The van der Waals surface area contributed by atoms with Crippen molar-refractivity contribution < 1.29 is 4.79 Å². The highest BCUT2D eigenvalue weighted by Crippen LogP contribution is 2.21. The maximum atomic E-state index is 12.5. The van der Waals surface area contributed by atoms with E-state index < -0.39 is 5.91 Å². The molecule has 142 valence electrons. The summed E-state index contributed by atoms with van der Waals surface area (Å²) >= 11 is 7.38. The zero-order valence-corrected chi connectivity index (χ0v) is 17.0. The van der Waals surface area contributed by atoms with E-state index in [1.165, 1.54) is 17.4 Å². The summed E-state index contributed by atoms with van der Waals surface area (Å²) < 4.78 is 1.85. The Morgan fingerprint density at radius 2 is 2.18 bits per heavy atom. The van der Waals surface area contributed by atoms with Gasteiger partial charge in [-0.3, -0.25) is 10.1 Å². The summed E-state index contributed by atoms with van der Waals surface area (Å²) in [6.07, 6.45) is 4.17. The zero-order chi connectivity index (χ0) is 20.1. The molecule has 2 heterocycles. The average Bonchev–Trinajstić information content (AvgIpc) is 3.28. The first kappa shape index (κ1) is 19.8. The largest absolute Gasteiger partial charge is 0.317 e. The first-order chi connectivity index (χ1) is 13.5. The summed E-state index contributed by atoms with van der Waals surface area (Å²) in [4.78, 5) is 12.5. The van der Waals surface area contributed by atoms with Gasteiger partial charge < -0.3 is 4.57 Å². The van der Waals surface area contributed by atoms with Gasteiger partial charge >= 0.3 is 0 Å². The van der Waals surface area contributed by atoms with E-state index in [2.05, 4.69) is 29.4 Å². The van der Waals surface area contributed by atoms with Crippen LogP contribution in [0.3, 0.4) is 0 Å². The Labute approximate surface area is 172 Å². The molecule has 28 heavy (non-hydrogen) atoms. The highest BCUT2D eigenvalue weighted by Gasteiger charge is 2.14. The second-order valence-corrected chi connectivity index (χ2v) is 8.00. The molecular weight excluding hydrogens is 394 g/mol. The van der Waals surface area contributed by atoms with Gasteiger partial charge in [0.05, 0.1) is 0 Å². The fourth-order valence-corrected chi connectivity index (χ4v) is 3.70. The van der Waals surface area contributed by atoms with Crippen molar-refractivity contribution in [3.05, 3.63) is 63.9 Å². The topological polar surface area (TPSA) is 83.6 Å². The highest BCUT2D eigenvalue weighted by atomic mass is 35.5. The number of nitrogens with one attached hydrogen (secondary N) is 1. The van der Waals surface area contributed by atoms with E-state index in [9.17, 15) is 10.1 Å². The Bertz CT molecular complexity index is 1060. The van der Waals surface area contributed by atoms with Crippen molar-refractivity contribution in [1.29, 1.82) is 5.26 Å². The number of hydrogen-bond acceptors (Lipinski definition) is 5. The van der Waals surface area contributed by atoms with E-state index in [1.807, 2.05) is 47.2 Å². The summed E-state index contributed by atoms with van der Waals surface area (Å²) in [5.74, 6) is -0.0704. The molecule has 0 bridgehead atoms. The molecule has 0 spiro atoms. The van der Waals surface area contributed by atoms with Crippen molar-refractivity contribution in [2.75, 3.05) is 5.32 Å². The van der Waals surface area contributed by atoms with Crippen LogP contribution >= 0.6 is 22.9 Å². The molecule has 0 saturated heterocycles. The van der Waals surface area contributed by atoms with E-state index >= 15 is 0 Å². The molecule has 0 aliphatic rings. The predicted molar refractivity (Wildman–Crippen MR) is 111 cm³/mol. The maximum absolute atomic E-state index is 12.5. The number of halogens is 1. The van der Waals surface area contributed by atoms with Gasteiger partial charge in [0.1, 0.15) is 16.6 Å². The van der Waals surface area contributed by atoms with Crippen molar-refractivity contribution in [3.8, 4) is 11.8 Å². The number of nitriles is 1. The number of rotatable bonds is 6. The van der Waals surface area contributed by atoms with Crippen molar-refractivity contribution in [2.24, 2.45) is 5.92 Å². The van der Waals surface area contributed by atoms with Gasteiger partial charge in [0, 0.05) is 29.0 Å². The van der Waals surface area contributed by atoms with Crippen molar-refractivity contribution in [1.82, 2.24) is 14.8 Å². The monoisotopic (exact) mass is 411 g/mol. The van der Waals surface area contributed by atoms with Crippen LogP contribution in [0.1, 0.15) is 24.5 Å². The van der Waals surface area contributed by atoms with Crippen LogP contribution in [0.5, 0.6) is 0 Å². The van der Waals surface area contributed by atoms with Crippen molar-refractivity contribution in [3.63, 3.8) is 0 Å². The van der Waals surface area contributed by atoms with E-state index in [1.54, 1.807) is 6.07 Å².